The highest BCUT2D eigenvalue weighted by atomic mass is 35.5. The molecule has 0 aliphatic heterocycles. The first-order valence-electron chi connectivity index (χ1n) is 9.86. The lowest BCUT2D eigenvalue weighted by Gasteiger charge is -2.16. The van der Waals surface area contributed by atoms with Crippen LogP contribution in [-0.4, -0.2) is 22.0 Å². The maximum atomic E-state index is 13.3. The third-order valence-corrected chi connectivity index (χ3v) is 5.73. The van der Waals surface area contributed by atoms with Crippen molar-refractivity contribution in [3.63, 3.8) is 0 Å². The Balaban J connectivity index is 1.52. The van der Waals surface area contributed by atoms with Crippen molar-refractivity contribution < 1.29 is 13.9 Å². The average molecular weight is 505 g/mol. The number of halogens is 3. The van der Waals surface area contributed by atoms with E-state index in [9.17, 15) is 4.39 Å². The number of nitrogens with one attached hydrogen (secondary N) is 2. The number of hydrogen-bond donors (Lipinski definition) is 2. The molecular weight excluding hydrogens is 486 g/mol. The molecule has 0 amide bonds. The van der Waals surface area contributed by atoms with E-state index in [1.54, 1.807) is 16.8 Å². The quantitative estimate of drug-likeness (QED) is 0.272. The number of benzene rings is 3. The Labute approximate surface area is 204 Å². The summed E-state index contributed by atoms with van der Waals surface area (Å²) >= 11 is 17.9. The maximum absolute atomic E-state index is 13.3. The Morgan fingerprint density at radius 3 is 2.61 bits per heavy atom. The fourth-order valence-electron chi connectivity index (χ4n) is 3.20. The number of H-pyrrole nitrogens is 1. The van der Waals surface area contributed by atoms with Crippen molar-refractivity contribution in [1.82, 2.24) is 14.9 Å². The number of aromatic amines is 1. The zero-order chi connectivity index (χ0) is 23.4. The van der Waals surface area contributed by atoms with Crippen LogP contribution in [0.5, 0.6) is 11.5 Å². The highest BCUT2D eigenvalue weighted by Crippen LogP contribution is 2.37. The van der Waals surface area contributed by atoms with Crippen LogP contribution in [0, 0.1) is 10.6 Å². The number of aromatic nitrogens is 3. The van der Waals surface area contributed by atoms with Gasteiger partial charge in [0.25, 0.3) is 0 Å². The Bertz CT molecular complexity index is 1330. The van der Waals surface area contributed by atoms with Gasteiger partial charge in [-0.05, 0) is 42.0 Å². The van der Waals surface area contributed by atoms with Crippen molar-refractivity contribution in [3.8, 4) is 22.9 Å². The zero-order valence-corrected chi connectivity index (χ0v) is 19.8. The van der Waals surface area contributed by atoms with Crippen LogP contribution < -0.4 is 14.9 Å². The lowest BCUT2D eigenvalue weighted by atomic mass is 10.2. The largest absolute Gasteiger partial charge is 0.493 e. The van der Waals surface area contributed by atoms with Crippen LogP contribution in [-0.2, 0) is 13.2 Å². The standard InChI is InChI=1S/C23H19Cl2FN4O2S/c1-31-20-10-14(9-19(25)21(20)32-13-16-7-8-17(26)11-18(16)24)12-27-30-22(28-29-23(30)33)15-5-3-2-4-6-15/h2-11,27H,12-13H2,1H3,(H,29,33). The van der Waals surface area contributed by atoms with E-state index >= 15 is 0 Å². The van der Waals surface area contributed by atoms with Gasteiger partial charge in [0.15, 0.2) is 17.3 Å². The number of methoxy groups -OCH3 is 1. The predicted octanol–water partition coefficient (Wildman–Crippen LogP) is 6.38. The Morgan fingerprint density at radius 2 is 1.88 bits per heavy atom. The molecule has 4 rings (SSSR count). The van der Waals surface area contributed by atoms with Crippen LogP contribution in [0.15, 0.2) is 60.7 Å². The molecule has 4 aromatic rings. The lowest BCUT2D eigenvalue weighted by Crippen LogP contribution is -2.16. The molecule has 1 aromatic heterocycles. The molecule has 0 unspecified atom stereocenters. The minimum atomic E-state index is -0.413. The van der Waals surface area contributed by atoms with E-state index in [1.807, 2.05) is 36.4 Å². The normalized spacial score (nSPS) is 10.8. The topological polar surface area (TPSA) is 64.1 Å². The third kappa shape index (κ3) is 5.30. The summed E-state index contributed by atoms with van der Waals surface area (Å²) in [4.78, 5) is 0. The van der Waals surface area contributed by atoms with Gasteiger partial charge in [-0.2, -0.15) is 5.10 Å². The number of nitrogens with zero attached hydrogens (tertiary/aromatic N) is 2. The first-order valence-corrected chi connectivity index (χ1v) is 11.0. The molecule has 170 valence electrons. The van der Waals surface area contributed by atoms with Crippen molar-refractivity contribution in [3.05, 3.63) is 92.4 Å². The summed E-state index contributed by atoms with van der Waals surface area (Å²) < 4.78 is 26.7. The minimum Gasteiger partial charge on any atom is -0.493 e. The fraction of sp³-hybridized carbons (Fsp3) is 0.130. The molecule has 0 saturated carbocycles. The molecule has 0 radical (unpaired) electrons. The van der Waals surface area contributed by atoms with Gasteiger partial charge in [-0.25, -0.2) is 14.2 Å². The molecule has 0 atom stereocenters. The second-order valence-corrected chi connectivity index (χ2v) is 8.22. The smallest absolute Gasteiger partial charge is 0.214 e. The van der Waals surface area contributed by atoms with Gasteiger partial charge in [-0.3, -0.25) is 0 Å². The molecular formula is C23H19Cl2FN4O2S. The molecule has 0 bridgehead atoms. The molecule has 6 nitrogen and oxygen atoms in total. The average Bonchev–Trinajstić information content (AvgIpc) is 3.18. The molecule has 0 saturated heterocycles. The van der Waals surface area contributed by atoms with E-state index in [0.29, 0.717) is 39.2 Å². The van der Waals surface area contributed by atoms with Gasteiger partial charge < -0.3 is 14.9 Å². The zero-order valence-electron chi connectivity index (χ0n) is 17.4. The van der Waals surface area contributed by atoms with Crippen molar-refractivity contribution in [2.45, 2.75) is 13.2 Å². The van der Waals surface area contributed by atoms with Crippen LogP contribution in [0.3, 0.4) is 0 Å². The maximum Gasteiger partial charge on any atom is 0.214 e. The highest BCUT2D eigenvalue weighted by Gasteiger charge is 2.15. The lowest BCUT2D eigenvalue weighted by molar-refractivity contribution is 0.284. The molecule has 0 aliphatic carbocycles. The molecule has 3 aromatic carbocycles. The molecule has 10 heteroatoms. The molecule has 0 spiro atoms. The molecule has 33 heavy (non-hydrogen) atoms. The SMILES string of the molecule is COc1cc(CNn2c(-c3ccccc3)n[nH]c2=S)cc(Cl)c1OCc1ccc(F)cc1Cl. The van der Waals surface area contributed by atoms with Gasteiger partial charge in [0.05, 0.1) is 23.7 Å². The van der Waals surface area contributed by atoms with Crippen molar-refractivity contribution >= 4 is 35.4 Å². The van der Waals surface area contributed by atoms with Crippen molar-refractivity contribution in [2.24, 2.45) is 0 Å². The van der Waals surface area contributed by atoms with E-state index in [2.05, 4.69) is 15.6 Å². The summed E-state index contributed by atoms with van der Waals surface area (Å²) in [6, 6.07) is 17.4. The van der Waals surface area contributed by atoms with Crippen LogP contribution in [0.4, 0.5) is 4.39 Å². The molecule has 0 fully saturated rings. The molecule has 1 heterocycles. The summed E-state index contributed by atoms with van der Waals surface area (Å²) in [6.07, 6.45) is 0. The summed E-state index contributed by atoms with van der Waals surface area (Å²) in [6.45, 7) is 0.505. The Hall–Kier alpha value is -3.07. The van der Waals surface area contributed by atoms with Gasteiger partial charge in [0.1, 0.15) is 12.4 Å². The summed E-state index contributed by atoms with van der Waals surface area (Å²) in [7, 11) is 1.53. The first-order chi connectivity index (χ1) is 16.0. The van der Waals surface area contributed by atoms with E-state index in [-0.39, 0.29) is 11.6 Å². The van der Waals surface area contributed by atoms with E-state index < -0.39 is 5.82 Å². The predicted molar refractivity (Wildman–Crippen MR) is 130 cm³/mol. The number of ether oxygens (including phenoxy) is 2. The van der Waals surface area contributed by atoms with Crippen LogP contribution >= 0.6 is 35.4 Å². The van der Waals surface area contributed by atoms with Gasteiger partial charge in [-0.1, -0.05) is 59.6 Å². The monoisotopic (exact) mass is 504 g/mol. The fourth-order valence-corrected chi connectivity index (χ4v) is 3.91. The Morgan fingerprint density at radius 1 is 1.09 bits per heavy atom. The number of rotatable bonds is 8. The van der Waals surface area contributed by atoms with Crippen molar-refractivity contribution in [1.29, 1.82) is 0 Å². The van der Waals surface area contributed by atoms with E-state index in [1.165, 1.54) is 19.2 Å². The van der Waals surface area contributed by atoms with Gasteiger partial charge in [-0.15, -0.1) is 0 Å². The van der Waals surface area contributed by atoms with Crippen LogP contribution in [0.25, 0.3) is 11.4 Å². The van der Waals surface area contributed by atoms with E-state index in [4.69, 9.17) is 44.9 Å². The second kappa shape index (κ2) is 10.2. The van der Waals surface area contributed by atoms with Gasteiger partial charge in [0.2, 0.25) is 4.77 Å². The number of hydrogen-bond acceptors (Lipinski definition) is 5. The highest BCUT2D eigenvalue weighted by molar-refractivity contribution is 7.71. The van der Waals surface area contributed by atoms with Crippen LogP contribution in [0.1, 0.15) is 11.1 Å². The summed E-state index contributed by atoms with van der Waals surface area (Å²) in [5, 5.41) is 7.75. The van der Waals surface area contributed by atoms with Gasteiger partial charge in [0, 0.05) is 11.1 Å². The third-order valence-electron chi connectivity index (χ3n) is 4.82. The van der Waals surface area contributed by atoms with Crippen molar-refractivity contribution in [2.75, 3.05) is 12.5 Å². The molecule has 0 aliphatic rings. The molecule has 2 N–H and O–H groups in total. The summed E-state index contributed by atoms with van der Waals surface area (Å²) in [5.74, 6) is 1.07. The van der Waals surface area contributed by atoms with Crippen LogP contribution in [0.2, 0.25) is 10.0 Å². The Kier molecular flexibility index (Phi) is 7.17. The van der Waals surface area contributed by atoms with E-state index in [0.717, 1.165) is 11.1 Å². The first kappa shape index (κ1) is 23.1. The second-order valence-electron chi connectivity index (χ2n) is 7.02. The summed E-state index contributed by atoms with van der Waals surface area (Å²) in [5.41, 5.74) is 5.64. The minimum absolute atomic E-state index is 0.109. The van der Waals surface area contributed by atoms with Gasteiger partial charge >= 0.3 is 0 Å².